The minimum absolute atomic E-state index is 0.242. The van der Waals surface area contributed by atoms with Gasteiger partial charge in [-0.25, -0.2) is 9.97 Å². The van der Waals surface area contributed by atoms with Gasteiger partial charge in [-0.15, -0.1) is 0 Å². The van der Waals surface area contributed by atoms with Gasteiger partial charge in [0.05, 0.1) is 19.8 Å². The van der Waals surface area contributed by atoms with Gasteiger partial charge in [0.1, 0.15) is 18.1 Å². The average molecular weight is 425 g/mol. The monoisotopic (exact) mass is 424 g/mol. The first-order valence-electron chi connectivity index (χ1n) is 10.0. The highest BCUT2D eigenvalue weighted by Gasteiger charge is 2.07. The fourth-order valence-electron chi connectivity index (χ4n) is 2.92. The molecule has 1 heterocycles. The largest absolute Gasteiger partial charge is 0.497 e. The number of nitrogens with one attached hydrogen (secondary N) is 1. The molecular weight excluding hydrogens is 396 g/mol. The summed E-state index contributed by atoms with van der Waals surface area (Å²) in [6.07, 6.45) is 2.82. The molecule has 3 aromatic rings. The van der Waals surface area contributed by atoms with E-state index in [0.717, 1.165) is 28.3 Å². The third-order valence-corrected chi connectivity index (χ3v) is 4.66. The van der Waals surface area contributed by atoms with Gasteiger partial charge in [-0.3, -0.25) is 0 Å². The molecule has 0 amide bonds. The van der Waals surface area contributed by atoms with Crippen LogP contribution in [-0.4, -0.2) is 71.6 Å². The lowest BCUT2D eigenvalue weighted by molar-refractivity contribution is 0.0631. The van der Waals surface area contributed by atoms with Crippen LogP contribution < -0.4 is 14.8 Å². The average Bonchev–Trinajstić information content (AvgIpc) is 2.80. The zero-order valence-corrected chi connectivity index (χ0v) is 17.7. The Morgan fingerprint density at radius 3 is 2.23 bits per heavy atom. The third-order valence-electron chi connectivity index (χ3n) is 4.66. The molecule has 1 atom stereocenters. The molecule has 0 aliphatic rings. The summed E-state index contributed by atoms with van der Waals surface area (Å²) >= 11 is 0. The number of methoxy groups -OCH3 is 1. The smallest absolute Gasteiger partial charge is 0.227 e. The van der Waals surface area contributed by atoms with Crippen LogP contribution in [0.5, 0.6) is 11.5 Å². The molecule has 3 rings (SSSR count). The summed E-state index contributed by atoms with van der Waals surface area (Å²) in [7, 11) is 3.51. The number of anilines is 2. The maximum Gasteiger partial charge on any atom is 0.227 e. The molecule has 1 unspecified atom stereocenters. The van der Waals surface area contributed by atoms with E-state index in [-0.39, 0.29) is 6.61 Å². The van der Waals surface area contributed by atoms with E-state index in [4.69, 9.17) is 14.6 Å². The maximum atomic E-state index is 9.43. The summed E-state index contributed by atoms with van der Waals surface area (Å²) < 4.78 is 10.9. The molecule has 31 heavy (non-hydrogen) atoms. The van der Waals surface area contributed by atoms with Crippen molar-refractivity contribution < 1.29 is 19.7 Å². The molecule has 0 radical (unpaired) electrons. The molecule has 1 aromatic heterocycles. The highest BCUT2D eigenvalue weighted by molar-refractivity contribution is 5.63. The second kappa shape index (κ2) is 11.3. The number of aliphatic hydroxyl groups excluding tert-OH is 2. The van der Waals surface area contributed by atoms with Crippen molar-refractivity contribution >= 4 is 11.6 Å². The Kier molecular flexibility index (Phi) is 8.17. The minimum atomic E-state index is -0.733. The van der Waals surface area contributed by atoms with E-state index >= 15 is 0 Å². The molecular formula is C23H28N4O4. The van der Waals surface area contributed by atoms with Crippen LogP contribution in [0.15, 0.2) is 60.9 Å². The zero-order chi connectivity index (χ0) is 22.1. The molecule has 0 aliphatic carbocycles. The van der Waals surface area contributed by atoms with E-state index in [2.05, 4.69) is 15.3 Å². The summed E-state index contributed by atoms with van der Waals surface area (Å²) in [5.41, 5.74) is 2.80. The number of aliphatic hydroxyl groups is 2. The molecule has 8 nitrogen and oxygen atoms in total. The quantitative estimate of drug-likeness (QED) is 0.432. The van der Waals surface area contributed by atoms with Gasteiger partial charge in [0.2, 0.25) is 5.95 Å². The number of likely N-dealkylation sites (N-methyl/N-ethyl adjacent to an activating group) is 1. The van der Waals surface area contributed by atoms with Crippen LogP contribution >= 0.6 is 0 Å². The second-order valence-corrected chi connectivity index (χ2v) is 7.12. The molecule has 164 valence electrons. The number of hydrogen-bond acceptors (Lipinski definition) is 8. The van der Waals surface area contributed by atoms with Crippen molar-refractivity contribution in [2.45, 2.75) is 6.10 Å². The van der Waals surface area contributed by atoms with Crippen LogP contribution in [0.4, 0.5) is 11.6 Å². The highest BCUT2D eigenvalue weighted by atomic mass is 16.5. The van der Waals surface area contributed by atoms with Crippen LogP contribution in [0.3, 0.4) is 0 Å². The maximum absolute atomic E-state index is 9.43. The van der Waals surface area contributed by atoms with Gasteiger partial charge in [-0.2, -0.15) is 0 Å². The van der Waals surface area contributed by atoms with Crippen LogP contribution in [0.1, 0.15) is 0 Å². The molecule has 8 heteroatoms. The Bertz CT molecular complexity index is 918. The van der Waals surface area contributed by atoms with E-state index in [9.17, 15) is 5.11 Å². The first kappa shape index (κ1) is 22.5. The Morgan fingerprint density at radius 2 is 1.61 bits per heavy atom. The standard InChI is InChI=1S/C23H28N4O4/c1-27(15-20(29)16-28)11-12-31-22-9-5-19(6-10-22)26-23-24-13-18(14-25-23)17-3-7-21(30-2)8-4-17/h3-10,13-14,20,28-29H,11-12,15-16H2,1-2H3,(H,24,25,26). The Balaban J connectivity index is 1.49. The number of aromatic nitrogens is 2. The van der Waals surface area contributed by atoms with Crippen molar-refractivity contribution in [1.29, 1.82) is 0 Å². The Morgan fingerprint density at radius 1 is 0.968 bits per heavy atom. The summed E-state index contributed by atoms with van der Waals surface area (Å²) in [5, 5.41) is 21.5. The third kappa shape index (κ3) is 6.92. The van der Waals surface area contributed by atoms with E-state index in [1.165, 1.54) is 0 Å². The molecule has 0 bridgehead atoms. The molecule has 0 saturated carbocycles. The van der Waals surface area contributed by atoms with Gasteiger partial charge in [0.15, 0.2) is 0 Å². The Hall–Kier alpha value is -3.20. The molecule has 0 saturated heterocycles. The Labute approximate surface area is 182 Å². The lowest BCUT2D eigenvalue weighted by Crippen LogP contribution is -2.34. The van der Waals surface area contributed by atoms with Gasteiger partial charge in [0, 0.05) is 36.7 Å². The summed E-state index contributed by atoms with van der Waals surface area (Å²) in [6, 6.07) is 15.3. The van der Waals surface area contributed by atoms with E-state index in [1.54, 1.807) is 19.5 Å². The second-order valence-electron chi connectivity index (χ2n) is 7.12. The van der Waals surface area contributed by atoms with Crippen LogP contribution in [0.25, 0.3) is 11.1 Å². The SMILES string of the molecule is COc1ccc(-c2cnc(Nc3ccc(OCCN(C)CC(O)CO)cc3)nc2)cc1. The predicted octanol–water partition coefficient (Wildman–Crippen LogP) is 2.56. The number of ether oxygens (including phenoxy) is 2. The number of rotatable bonds is 11. The lowest BCUT2D eigenvalue weighted by Gasteiger charge is -2.19. The van der Waals surface area contributed by atoms with Crippen LogP contribution in [0.2, 0.25) is 0 Å². The van der Waals surface area contributed by atoms with Crippen LogP contribution in [0, 0.1) is 0 Å². The summed E-state index contributed by atoms with van der Waals surface area (Å²) in [4.78, 5) is 10.7. The minimum Gasteiger partial charge on any atom is -0.497 e. The zero-order valence-electron chi connectivity index (χ0n) is 17.7. The fourth-order valence-corrected chi connectivity index (χ4v) is 2.92. The molecule has 3 N–H and O–H groups in total. The summed E-state index contributed by atoms with van der Waals surface area (Å²) in [6.45, 7) is 1.29. The van der Waals surface area contributed by atoms with E-state index < -0.39 is 6.10 Å². The van der Waals surface area contributed by atoms with Crippen molar-refractivity contribution in [3.63, 3.8) is 0 Å². The number of nitrogens with zero attached hydrogens (tertiary/aromatic N) is 3. The van der Waals surface area contributed by atoms with Crippen molar-refractivity contribution in [1.82, 2.24) is 14.9 Å². The van der Waals surface area contributed by atoms with Gasteiger partial charge in [-0.1, -0.05) is 12.1 Å². The lowest BCUT2D eigenvalue weighted by atomic mass is 10.1. The topological polar surface area (TPSA) is 100.0 Å². The first-order chi connectivity index (χ1) is 15.1. The van der Waals surface area contributed by atoms with Crippen LogP contribution in [-0.2, 0) is 0 Å². The van der Waals surface area contributed by atoms with Crippen molar-refractivity contribution in [2.24, 2.45) is 0 Å². The normalized spacial score (nSPS) is 11.9. The van der Waals surface area contributed by atoms with Crippen molar-refractivity contribution in [2.75, 3.05) is 45.8 Å². The van der Waals surface area contributed by atoms with Gasteiger partial charge in [0.25, 0.3) is 0 Å². The molecule has 0 fully saturated rings. The fraction of sp³-hybridized carbons (Fsp3) is 0.304. The van der Waals surface area contributed by atoms with Crippen molar-refractivity contribution in [3.8, 4) is 22.6 Å². The predicted molar refractivity (Wildman–Crippen MR) is 120 cm³/mol. The van der Waals surface area contributed by atoms with Gasteiger partial charge >= 0.3 is 0 Å². The van der Waals surface area contributed by atoms with Crippen molar-refractivity contribution in [3.05, 3.63) is 60.9 Å². The molecule has 2 aromatic carbocycles. The number of benzene rings is 2. The first-order valence-corrected chi connectivity index (χ1v) is 10.0. The van der Waals surface area contributed by atoms with E-state index in [0.29, 0.717) is 25.6 Å². The molecule has 0 aliphatic heterocycles. The highest BCUT2D eigenvalue weighted by Crippen LogP contribution is 2.23. The summed E-state index contributed by atoms with van der Waals surface area (Å²) in [5.74, 6) is 2.07. The number of hydrogen-bond donors (Lipinski definition) is 3. The van der Waals surface area contributed by atoms with Gasteiger partial charge in [-0.05, 0) is 49.0 Å². The van der Waals surface area contributed by atoms with E-state index in [1.807, 2.05) is 60.5 Å². The van der Waals surface area contributed by atoms with Gasteiger partial charge < -0.3 is 29.9 Å². The molecule has 0 spiro atoms.